The number of anilines is 1. The van der Waals surface area contributed by atoms with Crippen molar-refractivity contribution in [2.24, 2.45) is 29.6 Å². The molecule has 2 bridgehead atoms. The van der Waals surface area contributed by atoms with Crippen LogP contribution in [-0.4, -0.2) is 22.1 Å². The number of carbonyl (C=O) groups excluding carboxylic acids is 1. The van der Waals surface area contributed by atoms with Crippen molar-refractivity contribution in [2.75, 3.05) is 5.32 Å². The molecule has 3 N–H and O–H groups in total. The molecule has 110 valence electrons. The smallest absolute Gasteiger partial charge is 0.335 e. The predicted octanol–water partition coefficient (Wildman–Crippen LogP) is 2.32. The Kier molecular flexibility index (Phi) is 2.55. The van der Waals surface area contributed by atoms with Crippen LogP contribution in [0.4, 0.5) is 5.69 Å². The van der Waals surface area contributed by atoms with E-state index in [1.54, 1.807) is 0 Å². The lowest BCUT2D eigenvalue weighted by atomic mass is 10.0. The third-order valence-electron chi connectivity index (χ3n) is 5.54. The van der Waals surface area contributed by atoms with Crippen LogP contribution in [0.15, 0.2) is 18.2 Å². The van der Waals surface area contributed by atoms with Gasteiger partial charge in [0.05, 0.1) is 11.3 Å². The zero-order valence-electron chi connectivity index (χ0n) is 11.5. The molecule has 0 heterocycles. The largest absolute Gasteiger partial charge is 0.506 e. The normalized spacial score (nSPS) is 35.3. The van der Waals surface area contributed by atoms with Crippen LogP contribution in [0.2, 0.25) is 0 Å². The Morgan fingerprint density at radius 2 is 1.81 bits per heavy atom. The average molecular weight is 287 g/mol. The molecule has 0 spiro atoms. The Hall–Kier alpha value is -2.04. The van der Waals surface area contributed by atoms with Crippen molar-refractivity contribution in [2.45, 2.75) is 19.3 Å². The molecule has 1 aromatic carbocycles. The Morgan fingerprint density at radius 3 is 2.38 bits per heavy atom. The van der Waals surface area contributed by atoms with Crippen molar-refractivity contribution in [3.05, 3.63) is 23.8 Å². The first-order chi connectivity index (χ1) is 10.1. The third-order valence-corrected chi connectivity index (χ3v) is 5.54. The van der Waals surface area contributed by atoms with E-state index in [1.165, 1.54) is 31.4 Å². The highest BCUT2D eigenvalue weighted by Crippen LogP contribution is 2.69. The van der Waals surface area contributed by atoms with Crippen LogP contribution in [0.5, 0.6) is 5.75 Å². The van der Waals surface area contributed by atoms with E-state index in [0.717, 1.165) is 17.9 Å². The Bertz CT molecular complexity index is 625. The Morgan fingerprint density at radius 1 is 1.14 bits per heavy atom. The number of nitrogens with one attached hydrogen (secondary N) is 1. The molecule has 3 saturated carbocycles. The standard InChI is InChI=1S/C16H17NO4/c18-11-6-9(16(20)21)3-4-10(11)17-15(19)14-12-7-1-2-8(5-7)13(12)14/h3-4,6-8,12-14,18H,1-2,5H2,(H,17,19)(H,20,21). The van der Waals surface area contributed by atoms with Crippen molar-refractivity contribution in [3.8, 4) is 5.75 Å². The second-order valence-corrected chi connectivity index (χ2v) is 6.54. The summed E-state index contributed by atoms with van der Waals surface area (Å²) < 4.78 is 0. The first-order valence-corrected chi connectivity index (χ1v) is 7.43. The molecule has 4 atom stereocenters. The number of phenolic OH excluding ortho intramolecular Hbond substituents is 1. The molecule has 21 heavy (non-hydrogen) atoms. The molecule has 0 aromatic heterocycles. The van der Waals surface area contributed by atoms with Crippen LogP contribution in [0.3, 0.4) is 0 Å². The molecule has 3 aliphatic rings. The van der Waals surface area contributed by atoms with Crippen molar-refractivity contribution >= 4 is 17.6 Å². The van der Waals surface area contributed by atoms with Crippen LogP contribution < -0.4 is 5.32 Å². The highest BCUT2D eigenvalue weighted by molar-refractivity contribution is 5.97. The van der Waals surface area contributed by atoms with Gasteiger partial charge in [-0.2, -0.15) is 0 Å². The zero-order valence-corrected chi connectivity index (χ0v) is 11.5. The first kappa shape index (κ1) is 12.7. The Balaban J connectivity index is 1.47. The quantitative estimate of drug-likeness (QED) is 0.745. The molecule has 5 heteroatoms. The third kappa shape index (κ3) is 1.83. The summed E-state index contributed by atoms with van der Waals surface area (Å²) in [5, 5.41) is 21.4. The van der Waals surface area contributed by atoms with E-state index in [0.29, 0.717) is 17.5 Å². The molecule has 1 aromatic rings. The van der Waals surface area contributed by atoms with Crippen LogP contribution in [0.25, 0.3) is 0 Å². The number of aromatic carboxylic acids is 1. The molecule has 1 amide bonds. The van der Waals surface area contributed by atoms with Crippen LogP contribution in [0, 0.1) is 29.6 Å². The number of amides is 1. The number of hydrogen-bond donors (Lipinski definition) is 3. The van der Waals surface area contributed by atoms with Crippen LogP contribution in [-0.2, 0) is 4.79 Å². The number of benzene rings is 1. The van der Waals surface area contributed by atoms with Gasteiger partial charge >= 0.3 is 5.97 Å². The molecule has 4 unspecified atom stereocenters. The predicted molar refractivity (Wildman–Crippen MR) is 75.0 cm³/mol. The lowest BCUT2D eigenvalue weighted by molar-refractivity contribution is -0.118. The van der Waals surface area contributed by atoms with Crippen molar-refractivity contribution in [1.29, 1.82) is 0 Å². The molecule has 0 saturated heterocycles. The molecule has 0 radical (unpaired) electrons. The fraction of sp³-hybridized carbons (Fsp3) is 0.500. The number of carboxylic acid groups (broad SMARTS) is 1. The van der Waals surface area contributed by atoms with Crippen molar-refractivity contribution < 1.29 is 19.8 Å². The van der Waals surface area contributed by atoms with E-state index in [9.17, 15) is 14.7 Å². The number of hydrogen-bond acceptors (Lipinski definition) is 3. The van der Waals surface area contributed by atoms with E-state index in [2.05, 4.69) is 5.32 Å². The average Bonchev–Trinajstić information content (AvgIpc) is 2.89. The molecular weight excluding hydrogens is 270 g/mol. The number of rotatable bonds is 3. The van der Waals surface area contributed by atoms with Gasteiger partial charge in [0.25, 0.3) is 0 Å². The molecular formula is C16H17NO4. The second-order valence-electron chi connectivity index (χ2n) is 6.54. The van der Waals surface area contributed by atoms with E-state index in [1.807, 2.05) is 0 Å². The number of carboxylic acids is 1. The summed E-state index contributed by atoms with van der Waals surface area (Å²) in [6, 6.07) is 3.99. The van der Waals surface area contributed by atoms with Gasteiger partial charge in [-0.05, 0) is 61.1 Å². The monoisotopic (exact) mass is 287 g/mol. The van der Waals surface area contributed by atoms with E-state index < -0.39 is 5.97 Å². The number of phenols is 1. The summed E-state index contributed by atoms with van der Waals surface area (Å²) in [7, 11) is 0. The maximum Gasteiger partial charge on any atom is 0.335 e. The summed E-state index contributed by atoms with van der Waals surface area (Å²) in [4.78, 5) is 23.2. The molecule has 3 fully saturated rings. The summed E-state index contributed by atoms with van der Waals surface area (Å²) >= 11 is 0. The minimum atomic E-state index is -1.10. The minimum Gasteiger partial charge on any atom is -0.506 e. The van der Waals surface area contributed by atoms with E-state index >= 15 is 0 Å². The number of carbonyl (C=O) groups is 2. The topological polar surface area (TPSA) is 86.6 Å². The van der Waals surface area contributed by atoms with Gasteiger partial charge < -0.3 is 15.5 Å². The van der Waals surface area contributed by atoms with Gasteiger partial charge in [-0.3, -0.25) is 4.79 Å². The maximum atomic E-state index is 12.3. The molecule has 4 rings (SSSR count). The highest BCUT2D eigenvalue weighted by Gasteiger charge is 2.67. The SMILES string of the molecule is O=C(O)c1ccc(NC(=O)C2C3C4CCC(C4)C23)c(O)c1. The summed E-state index contributed by atoms with van der Waals surface area (Å²) in [5.41, 5.74) is 0.300. The summed E-state index contributed by atoms with van der Waals surface area (Å²) in [6.07, 6.45) is 3.81. The second kappa shape index (κ2) is 4.23. The summed E-state index contributed by atoms with van der Waals surface area (Å²) in [6.45, 7) is 0. The van der Waals surface area contributed by atoms with Crippen molar-refractivity contribution in [3.63, 3.8) is 0 Å². The van der Waals surface area contributed by atoms with Crippen LogP contribution >= 0.6 is 0 Å². The number of aromatic hydroxyl groups is 1. The van der Waals surface area contributed by atoms with Gasteiger partial charge in [0.2, 0.25) is 5.91 Å². The van der Waals surface area contributed by atoms with Gasteiger partial charge in [-0.15, -0.1) is 0 Å². The maximum absolute atomic E-state index is 12.3. The van der Waals surface area contributed by atoms with E-state index in [4.69, 9.17) is 5.11 Å². The number of fused-ring (bicyclic) bond motifs is 5. The van der Waals surface area contributed by atoms with Gasteiger partial charge in [0.15, 0.2) is 0 Å². The lowest BCUT2D eigenvalue weighted by Gasteiger charge is -2.11. The molecule has 0 aliphatic heterocycles. The molecule has 3 aliphatic carbocycles. The Labute approximate surface area is 122 Å². The van der Waals surface area contributed by atoms with Gasteiger partial charge in [-0.1, -0.05) is 0 Å². The van der Waals surface area contributed by atoms with Gasteiger partial charge in [0, 0.05) is 5.92 Å². The minimum absolute atomic E-state index is 0.00633. The van der Waals surface area contributed by atoms with Crippen molar-refractivity contribution in [1.82, 2.24) is 0 Å². The summed E-state index contributed by atoms with van der Waals surface area (Å²) in [5.74, 6) is 1.30. The first-order valence-electron chi connectivity index (χ1n) is 7.43. The highest BCUT2D eigenvalue weighted by atomic mass is 16.4. The fourth-order valence-electron chi connectivity index (χ4n) is 4.66. The van der Waals surface area contributed by atoms with Gasteiger partial charge in [0.1, 0.15) is 5.75 Å². The zero-order chi connectivity index (χ0) is 14.7. The van der Waals surface area contributed by atoms with Gasteiger partial charge in [-0.25, -0.2) is 4.79 Å². The van der Waals surface area contributed by atoms with Crippen LogP contribution in [0.1, 0.15) is 29.6 Å². The lowest BCUT2D eigenvalue weighted by Crippen LogP contribution is -2.18. The molecule has 5 nitrogen and oxygen atoms in total. The van der Waals surface area contributed by atoms with E-state index in [-0.39, 0.29) is 23.1 Å². The fourth-order valence-corrected chi connectivity index (χ4v) is 4.66.